The molecule has 2 bridgehead atoms. The Kier molecular flexibility index (Phi) is 4.30. The molecule has 2 heterocycles. The fraction of sp³-hybridized carbons (Fsp3) is 0.933. The Bertz CT molecular complexity index is 327. The van der Waals surface area contributed by atoms with Gasteiger partial charge in [0.25, 0.3) is 0 Å². The second-order valence-electron chi connectivity index (χ2n) is 7.20. The van der Waals surface area contributed by atoms with Crippen molar-refractivity contribution in [1.29, 1.82) is 0 Å². The number of hydrogen-bond acceptors (Lipinski definition) is 2. The van der Waals surface area contributed by atoms with Crippen LogP contribution in [0.3, 0.4) is 0 Å². The fourth-order valence-corrected chi connectivity index (χ4v) is 5.39. The lowest BCUT2D eigenvalue weighted by molar-refractivity contribution is -0.124. The van der Waals surface area contributed by atoms with Crippen molar-refractivity contribution in [3.05, 3.63) is 0 Å². The summed E-state index contributed by atoms with van der Waals surface area (Å²) < 4.78 is 12.1. The summed E-state index contributed by atoms with van der Waals surface area (Å²) in [5.41, 5.74) is 0.239. The van der Waals surface area contributed by atoms with Crippen molar-refractivity contribution in [2.24, 2.45) is 11.3 Å². The van der Waals surface area contributed by atoms with E-state index in [2.05, 4.69) is 20.8 Å². The van der Waals surface area contributed by atoms with E-state index in [4.69, 9.17) is 0 Å². The minimum atomic E-state index is -0.646. The van der Waals surface area contributed by atoms with Crippen molar-refractivity contribution in [3.63, 3.8) is 0 Å². The van der Waals surface area contributed by atoms with Crippen LogP contribution in [0.4, 0.5) is 0 Å². The molecule has 2 aliphatic heterocycles. The molecule has 0 radical (unpaired) electrons. The Morgan fingerprint density at radius 1 is 1.17 bits per heavy atom. The number of fused-ring (bicyclic) bond motifs is 2. The summed E-state index contributed by atoms with van der Waals surface area (Å²) in [4.78, 5) is 12.3. The Morgan fingerprint density at radius 3 is 2.22 bits per heavy atom. The van der Waals surface area contributed by atoms with Gasteiger partial charge >= 0.3 is 0 Å². The molecule has 104 valence electrons. The topological polar surface area (TPSA) is 34.1 Å². The van der Waals surface area contributed by atoms with Crippen LogP contribution >= 0.6 is 0 Å². The zero-order valence-electron chi connectivity index (χ0n) is 11.9. The normalized spacial score (nSPS) is 36.4. The average molecular weight is 270 g/mol. The molecule has 0 N–H and O–H groups in total. The van der Waals surface area contributed by atoms with Crippen LogP contribution in [-0.2, 0) is 15.6 Å². The molecule has 2 aliphatic rings. The summed E-state index contributed by atoms with van der Waals surface area (Å²) >= 11 is 0. The maximum Gasteiger partial charge on any atom is 0.136 e. The first-order valence-electron chi connectivity index (χ1n) is 7.29. The molecule has 0 aromatic heterocycles. The van der Waals surface area contributed by atoms with Gasteiger partial charge in [0, 0.05) is 33.6 Å². The van der Waals surface area contributed by atoms with Gasteiger partial charge in [-0.05, 0) is 37.5 Å². The third kappa shape index (κ3) is 3.43. The van der Waals surface area contributed by atoms with E-state index >= 15 is 0 Å². The lowest BCUT2D eigenvalue weighted by Crippen LogP contribution is -2.41. The fourth-order valence-electron chi connectivity index (χ4n) is 3.20. The van der Waals surface area contributed by atoms with E-state index < -0.39 is 10.8 Å². The zero-order chi connectivity index (χ0) is 13.3. The molecule has 0 saturated carbocycles. The van der Waals surface area contributed by atoms with Crippen molar-refractivity contribution in [3.8, 4) is 0 Å². The molecular weight excluding hydrogens is 244 g/mol. The van der Waals surface area contributed by atoms with Crippen LogP contribution in [0.1, 0.15) is 65.7 Å². The smallest absolute Gasteiger partial charge is 0.136 e. The Hall–Kier alpha value is -0.180. The number of rotatable bonds is 3. The van der Waals surface area contributed by atoms with Gasteiger partial charge in [-0.1, -0.05) is 27.2 Å². The molecule has 2 rings (SSSR count). The number of carbonyl (C=O) groups excluding carboxylic acids is 1. The molecule has 2 unspecified atom stereocenters. The quantitative estimate of drug-likeness (QED) is 0.787. The van der Waals surface area contributed by atoms with Gasteiger partial charge in [-0.2, -0.15) is 0 Å². The average Bonchev–Trinajstić information content (AvgIpc) is 2.24. The van der Waals surface area contributed by atoms with Gasteiger partial charge in [0.2, 0.25) is 0 Å². The van der Waals surface area contributed by atoms with Crippen LogP contribution in [0.15, 0.2) is 0 Å². The third-order valence-corrected chi connectivity index (χ3v) is 6.55. The highest BCUT2D eigenvalue weighted by Gasteiger charge is 2.40. The predicted molar refractivity (Wildman–Crippen MR) is 76.0 cm³/mol. The summed E-state index contributed by atoms with van der Waals surface area (Å²) in [6, 6.07) is 0. The Labute approximate surface area is 113 Å². The van der Waals surface area contributed by atoms with Crippen molar-refractivity contribution in [2.45, 2.75) is 76.2 Å². The van der Waals surface area contributed by atoms with Gasteiger partial charge in [0.15, 0.2) is 0 Å². The third-order valence-electron chi connectivity index (χ3n) is 4.38. The minimum Gasteiger partial charge on any atom is -0.299 e. The SMILES string of the molecule is CC(C)(C)CCC(=O)C1CC2CCCC(C1)S2=O. The lowest BCUT2D eigenvalue weighted by atomic mass is 9.82. The van der Waals surface area contributed by atoms with E-state index in [0.29, 0.717) is 22.7 Å². The van der Waals surface area contributed by atoms with Crippen molar-refractivity contribution >= 4 is 16.6 Å². The van der Waals surface area contributed by atoms with Gasteiger partial charge in [-0.25, -0.2) is 0 Å². The van der Waals surface area contributed by atoms with Crippen molar-refractivity contribution < 1.29 is 9.00 Å². The molecule has 2 fully saturated rings. The molecule has 3 heteroatoms. The molecule has 0 aliphatic carbocycles. The second-order valence-corrected chi connectivity index (χ2v) is 9.19. The molecular formula is C15H26O2S. The lowest BCUT2D eigenvalue weighted by Gasteiger charge is -2.37. The first kappa shape index (κ1) is 14.2. The second kappa shape index (κ2) is 5.44. The van der Waals surface area contributed by atoms with E-state index in [1.165, 1.54) is 6.42 Å². The van der Waals surface area contributed by atoms with Crippen molar-refractivity contribution in [1.82, 2.24) is 0 Å². The van der Waals surface area contributed by atoms with Gasteiger partial charge in [0.05, 0.1) is 0 Å². The summed E-state index contributed by atoms with van der Waals surface area (Å²) in [7, 11) is -0.646. The summed E-state index contributed by atoms with van der Waals surface area (Å²) in [5.74, 6) is 0.638. The van der Waals surface area contributed by atoms with Crippen LogP contribution in [0, 0.1) is 11.3 Å². The van der Waals surface area contributed by atoms with Gasteiger partial charge in [-0.15, -0.1) is 0 Å². The molecule has 0 aromatic carbocycles. The number of ketones is 1. The molecule has 2 saturated heterocycles. The number of carbonyl (C=O) groups is 1. The van der Waals surface area contributed by atoms with E-state index in [1.54, 1.807) is 0 Å². The molecule has 2 atom stereocenters. The summed E-state index contributed by atoms with van der Waals surface area (Å²) in [6.45, 7) is 6.56. The summed E-state index contributed by atoms with van der Waals surface area (Å²) in [6.07, 6.45) is 6.83. The van der Waals surface area contributed by atoms with Gasteiger partial charge in [0.1, 0.15) is 5.78 Å². The molecule has 0 aromatic rings. The van der Waals surface area contributed by atoms with E-state index in [0.717, 1.165) is 32.1 Å². The minimum absolute atomic E-state index is 0.209. The van der Waals surface area contributed by atoms with Crippen LogP contribution < -0.4 is 0 Å². The predicted octanol–water partition coefficient (Wildman–Crippen LogP) is 3.46. The van der Waals surface area contributed by atoms with Gasteiger partial charge < -0.3 is 0 Å². The maximum atomic E-state index is 12.3. The van der Waals surface area contributed by atoms with Crippen LogP contribution in [0.25, 0.3) is 0 Å². The Morgan fingerprint density at radius 2 is 1.72 bits per heavy atom. The number of Topliss-reactive ketones (excluding diaryl/α,β-unsaturated/α-hetero) is 1. The van der Waals surface area contributed by atoms with E-state index in [1.807, 2.05) is 0 Å². The summed E-state index contributed by atoms with van der Waals surface area (Å²) in [5, 5.41) is 0.641. The highest BCUT2D eigenvalue weighted by atomic mass is 32.2. The highest BCUT2D eigenvalue weighted by molar-refractivity contribution is 7.86. The molecule has 2 nitrogen and oxygen atoms in total. The zero-order valence-corrected chi connectivity index (χ0v) is 12.7. The number of hydrogen-bond donors (Lipinski definition) is 0. The van der Waals surface area contributed by atoms with Gasteiger partial charge in [-0.3, -0.25) is 9.00 Å². The highest BCUT2D eigenvalue weighted by Crippen LogP contribution is 2.38. The molecule has 0 amide bonds. The maximum absolute atomic E-state index is 12.3. The Balaban J connectivity index is 1.90. The monoisotopic (exact) mass is 270 g/mol. The van der Waals surface area contributed by atoms with Crippen LogP contribution in [-0.4, -0.2) is 20.5 Å². The van der Waals surface area contributed by atoms with Crippen LogP contribution in [0.2, 0.25) is 0 Å². The molecule has 0 spiro atoms. The first-order chi connectivity index (χ1) is 8.37. The standard InChI is InChI=1S/C15H26O2S/c1-15(2,3)8-7-14(16)11-9-12-5-4-6-13(10-11)18(12)17/h11-13H,4-10H2,1-3H3. The van der Waals surface area contributed by atoms with Crippen molar-refractivity contribution in [2.75, 3.05) is 0 Å². The van der Waals surface area contributed by atoms with E-state index in [-0.39, 0.29) is 11.3 Å². The molecule has 18 heavy (non-hydrogen) atoms. The first-order valence-corrected chi connectivity index (χ1v) is 8.56. The van der Waals surface area contributed by atoms with Crippen LogP contribution in [0.5, 0.6) is 0 Å². The largest absolute Gasteiger partial charge is 0.299 e. The van der Waals surface area contributed by atoms with E-state index in [9.17, 15) is 9.00 Å².